The molecule has 0 bridgehead atoms. The number of anilines is 1. The molecule has 0 atom stereocenters. The summed E-state index contributed by atoms with van der Waals surface area (Å²) in [5.41, 5.74) is 3.96. The van der Waals surface area contributed by atoms with E-state index in [0.717, 1.165) is 38.7 Å². The number of benzene rings is 1. The summed E-state index contributed by atoms with van der Waals surface area (Å²) < 4.78 is 23.3. The van der Waals surface area contributed by atoms with E-state index in [-0.39, 0.29) is 11.5 Å². The molecular weight excluding hydrogens is 348 g/mol. The average molecular weight is 381 g/mol. The van der Waals surface area contributed by atoms with Crippen molar-refractivity contribution in [3.8, 4) is 0 Å². The summed E-state index contributed by atoms with van der Waals surface area (Å²) >= 11 is 0. The van der Waals surface area contributed by atoms with Crippen molar-refractivity contribution < 1.29 is 8.42 Å². The van der Waals surface area contributed by atoms with Crippen molar-refractivity contribution in [1.82, 2.24) is 10.2 Å². The van der Waals surface area contributed by atoms with Gasteiger partial charge in [-0.25, -0.2) is 8.42 Å². The highest BCUT2D eigenvalue weighted by Gasteiger charge is 2.21. The molecule has 146 valence electrons. The lowest BCUT2D eigenvalue weighted by Gasteiger charge is -2.38. The first-order chi connectivity index (χ1) is 12.4. The van der Waals surface area contributed by atoms with Crippen LogP contribution in [-0.4, -0.2) is 70.1 Å². The van der Waals surface area contributed by atoms with Gasteiger partial charge in [-0.3, -0.25) is 4.99 Å². The van der Waals surface area contributed by atoms with Gasteiger partial charge in [0.2, 0.25) is 0 Å². The summed E-state index contributed by atoms with van der Waals surface area (Å²) in [5, 5.41) is 3.29. The molecule has 0 amide bonds. The topological polar surface area (TPSA) is 65.0 Å². The van der Waals surface area contributed by atoms with Crippen molar-refractivity contribution in [2.24, 2.45) is 4.99 Å². The van der Waals surface area contributed by atoms with E-state index >= 15 is 0 Å². The van der Waals surface area contributed by atoms with Crippen LogP contribution >= 0.6 is 0 Å². The molecule has 0 aliphatic carbocycles. The van der Waals surface area contributed by atoms with E-state index < -0.39 is 9.84 Å². The van der Waals surface area contributed by atoms with Crippen LogP contribution in [0, 0.1) is 13.8 Å². The average Bonchev–Trinajstić information content (AvgIpc) is 2.63. The molecule has 6 nitrogen and oxygen atoms in total. The molecule has 1 aliphatic heterocycles. The Hall–Kier alpha value is -1.76. The summed E-state index contributed by atoms with van der Waals surface area (Å²) in [6, 6.07) is 6.45. The third-order valence-corrected chi connectivity index (χ3v) is 6.62. The van der Waals surface area contributed by atoms with Gasteiger partial charge in [0, 0.05) is 44.2 Å². The molecule has 1 fully saturated rings. The minimum absolute atomic E-state index is 0.112. The van der Waals surface area contributed by atoms with Crippen molar-refractivity contribution in [3.05, 3.63) is 29.3 Å². The maximum absolute atomic E-state index is 11.7. The Morgan fingerprint density at radius 3 is 2.46 bits per heavy atom. The Morgan fingerprint density at radius 1 is 1.15 bits per heavy atom. The second-order valence-electron chi connectivity index (χ2n) is 6.67. The largest absolute Gasteiger partial charge is 0.368 e. The quantitative estimate of drug-likeness (QED) is 0.602. The first kappa shape index (κ1) is 20.6. The smallest absolute Gasteiger partial charge is 0.194 e. The zero-order valence-electron chi connectivity index (χ0n) is 16.5. The molecule has 0 spiro atoms. The van der Waals surface area contributed by atoms with Crippen LogP contribution in [0.3, 0.4) is 0 Å². The Balaban J connectivity index is 1.99. The molecule has 1 saturated heterocycles. The molecule has 0 radical (unpaired) electrons. The second kappa shape index (κ2) is 9.26. The van der Waals surface area contributed by atoms with Crippen molar-refractivity contribution in [2.75, 3.05) is 55.7 Å². The number of aryl methyl sites for hydroxylation is 1. The standard InChI is InChI=1S/C19H32N4O2S/c1-5-20-19(21-10-15-26(24,25)6-2)23-13-11-22(12-14-23)18-9-7-8-16(3)17(18)4/h7-9H,5-6,10-15H2,1-4H3,(H,20,21). The van der Waals surface area contributed by atoms with Crippen LogP contribution in [0.1, 0.15) is 25.0 Å². The molecule has 1 N–H and O–H groups in total. The molecular formula is C19H32N4O2S. The summed E-state index contributed by atoms with van der Waals surface area (Å²) in [7, 11) is -2.98. The number of piperazine rings is 1. The molecule has 7 heteroatoms. The monoisotopic (exact) mass is 380 g/mol. The normalized spacial score (nSPS) is 16.1. The van der Waals surface area contributed by atoms with Crippen molar-refractivity contribution >= 4 is 21.5 Å². The second-order valence-corrected chi connectivity index (χ2v) is 9.14. The van der Waals surface area contributed by atoms with Gasteiger partial charge in [-0.05, 0) is 38.0 Å². The summed E-state index contributed by atoms with van der Waals surface area (Å²) in [5.74, 6) is 1.11. The van der Waals surface area contributed by atoms with Crippen molar-refractivity contribution in [1.29, 1.82) is 0 Å². The molecule has 26 heavy (non-hydrogen) atoms. The maximum atomic E-state index is 11.7. The van der Waals surface area contributed by atoms with E-state index in [9.17, 15) is 8.42 Å². The molecule has 1 aliphatic rings. The fourth-order valence-corrected chi connectivity index (χ4v) is 3.76. The van der Waals surface area contributed by atoms with Gasteiger partial charge in [0.25, 0.3) is 0 Å². The molecule has 0 aromatic heterocycles. The number of hydrogen-bond acceptors (Lipinski definition) is 4. The first-order valence-electron chi connectivity index (χ1n) is 9.42. The minimum Gasteiger partial charge on any atom is -0.368 e. The lowest BCUT2D eigenvalue weighted by molar-refractivity contribution is 0.372. The lowest BCUT2D eigenvalue weighted by Crippen LogP contribution is -2.52. The first-order valence-corrected chi connectivity index (χ1v) is 11.2. The summed E-state index contributed by atoms with van der Waals surface area (Å²) in [6.45, 7) is 12.7. The summed E-state index contributed by atoms with van der Waals surface area (Å²) in [4.78, 5) is 9.18. The molecule has 1 heterocycles. The van der Waals surface area contributed by atoms with Gasteiger partial charge in [0.1, 0.15) is 0 Å². The van der Waals surface area contributed by atoms with Crippen LogP contribution in [0.2, 0.25) is 0 Å². The van der Waals surface area contributed by atoms with E-state index in [1.54, 1.807) is 6.92 Å². The van der Waals surface area contributed by atoms with E-state index in [2.05, 4.69) is 52.2 Å². The van der Waals surface area contributed by atoms with E-state index in [1.165, 1.54) is 16.8 Å². The van der Waals surface area contributed by atoms with E-state index in [0.29, 0.717) is 6.54 Å². The molecule has 0 saturated carbocycles. The van der Waals surface area contributed by atoms with Crippen molar-refractivity contribution in [3.63, 3.8) is 0 Å². The molecule has 1 aromatic carbocycles. The third-order valence-electron chi connectivity index (χ3n) is 4.93. The van der Waals surface area contributed by atoms with Gasteiger partial charge in [-0.1, -0.05) is 19.1 Å². The van der Waals surface area contributed by atoms with Crippen molar-refractivity contribution in [2.45, 2.75) is 27.7 Å². The zero-order valence-corrected chi connectivity index (χ0v) is 17.3. The maximum Gasteiger partial charge on any atom is 0.194 e. The zero-order chi connectivity index (χ0) is 19.2. The van der Waals surface area contributed by atoms with Gasteiger partial charge in [-0.2, -0.15) is 0 Å². The molecule has 1 aromatic rings. The van der Waals surface area contributed by atoms with E-state index in [4.69, 9.17) is 0 Å². The van der Waals surface area contributed by atoms with Crippen LogP contribution in [0.15, 0.2) is 23.2 Å². The van der Waals surface area contributed by atoms with Gasteiger partial charge >= 0.3 is 0 Å². The predicted octanol–water partition coefficient (Wildman–Crippen LogP) is 1.83. The third kappa shape index (κ3) is 5.37. The SMILES string of the molecule is CCNC(=NCCS(=O)(=O)CC)N1CCN(c2cccc(C)c2C)CC1. The summed E-state index contributed by atoms with van der Waals surface area (Å²) in [6.07, 6.45) is 0. The number of aliphatic imine (C=N–C) groups is 1. The number of rotatable bonds is 6. The fourth-order valence-electron chi connectivity index (χ4n) is 3.10. The fraction of sp³-hybridized carbons (Fsp3) is 0.632. The number of nitrogens with zero attached hydrogens (tertiary/aromatic N) is 3. The minimum atomic E-state index is -2.98. The van der Waals surface area contributed by atoms with Crippen LogP contribution < -0.4 is 10.2 Å². The van der Waals surface area contributed by atoms with Gasteiger partial charge < -0.3 is 15.1 Å². The Morgan fingerprint density at radius 2 is 1.85 bits per heavy atom. The number of guanidine groups is 1. The lowest BCUT2D eigenvalue weighted by atomic mass is 10.1. The Kier molecular flexibility index (Phi) is 7.32. The van der Waals surface area contributed by atoms with Crippen LogP contribution in [0.5, 0.6) is 0 Å². The Labute approximate surface area is 158 Å². The highest BCUT2D eigenvalue weighted by Crippen LogP contribution is 2.23. The molecule has 0 unspecified atom stereocenters. The number of hydrogen-bond donors (Lipinski definition) is 1. The van der Waals surface area contributed by atoms with Crippen LogP contribution in [-0.2, 0) is 9.84 Å². The van der Waals surface area contributed by atoms with Gasteiger partial charge in [0.05, 0.1) is 12.3 Å². The Bertz CT molecular complexity index is 723. The number of sulfone groups is 1. The molecule has 2 rings (SSSR count). The predicted molar refractivity (Wildman–Crippen MR) is 110 cm³/mol. The van der Waals surface area contributed by atoms with Crippen LogP contribution in [0.4, 0.5) is 5.69 Å². The van der Waals surface area contributed by atoms with Gasteiger partial charge in [0.15, 0.2) is 15.8 Å². The number of nitrogens with one attached hydrogen (secondary N) is 1. The highest BCUT2D eigenvalue weighted by molar-refractivity contribution is 7.91. The van der Waals surface area contributed by atoms with Gasteiger partial charge in [-0.15, -0.1) is 0 Å². The highest BCUT2D eigenvalue weighted by atomic mass is 32.2. The van der Waals surface area contributed by atoms with Crippen LogP contribution in [0.25, 0.3) is 0 Å². The van der Waals surface area contributed by atoms with E-state index in [1.807, 2.05) is 6.92 Å².